The Morgan fingerprint density at radius 2 is 1.91 bits per heavy atom. The number of carbonyl (C=O) groups excluding carboxylic acids is 2. The van der Waals surface area contributed by atoms with E-state index in [1.54, 1.807) is 49.9 Å². The average Bonchev–Trinajstić information content (AvgIpc) is 3.47. The molecule has 0 saturated heterocycles. The standard InChI is InChI=1S/C22H19N3O6S/c1-12(31-21(27)14-5-6-17-15(8-14)23-11-30-17)20(26)25-22-24-16(10-32-22)13-4-7-18(28-2)19(9-13)29-3/h4-12H,1-3H3,(H,24,25,26). The van der Waals surface area contributed by atoms with Crippen LogP contribution in [0.1, 0.15) is 17.3 Å². The molecule has 1 amide bonds. The lowest BCUT2D eigenvalue weighted by Crippen LogP contribution is -2.29. The SMILES string of the molecule is COc1ccc(-c2csc(NC(=O)C(C)OC(=O)c3ccc4ocnc4c3)n2)cc1OC. The normalized spacial score (nSPS) is 11.7. The Balaban J connectivity index is 1.40. The van der Waals surface area contributed by atoms with Crippen LogP contribution in [0.15, 0.2) is 52.6 Å². The van der Waals surface area contributed by atoms with E-state index < -0.39 is 18.0 Å². The third-order valence-electron chi connectivity index (χ3n) is 4.63. The zero-order valence-electron chi connectivity index (χ0n) is 17.4. The number of hydrogen-bond acceptors (Lipinski definition) is 9. The van der Waals surface area contributed by atoms with Crippen LogP contribution in [0.5, 0.6) is 11.5 Å². The molecular formula is C22H19N3O6S. The van der Waals surface area contributed by atoms with Crippen molar-refractivity contribution in [3.05, 3.63) is 53.7 Å². The smallest absolute Gasteiger partial charge is 0.338 e. The van der Waals surface area contributed by atoms with Gasteiger partial charge in [0.05, 0.1) is 25.5 Å². The molecule has 0 radical (unpaired) electrons. The Kier molecular flexibility index (Phi) is 6.04. The van der Waals surface area contributed by atoms with Gasteiger partial charge in [-0.05, 0) is 43.3 Å². The molecule has 9 nitrogen and oxygen atoms in total. The summed E-state index contributed by atoms with van der Waals surface area (Å²) < 4.78 is 21.0. The van der Waals surface area contributed by atoms with Crippen LogP contribution >= 0.6 is 11.3 Å². The molecule has 1 atom stereocenters. The molecule has 32 heavy (non-hydrogen) atoms. The van der Waals surface area contributed by atoms with E-state index in [-0.39, 0.29) is 5.56 Å². The zero-order chi connectivity index (χ0) is 22.7. The Morgan fingerprint density at radius 3 is 2.69 bits per heavy atom. The van der Waals surface area contributed by atoms with Crippen LogP contribution in [0.25, 0.3) is 22.4 Å². The number of amides is 1. The summed E-state index contributed by atoms with van der Waals surface area (Å²) in [6.45, 7) is 1.49. The van der Waals surface area contributed by atoms with Gasteiger partial charge in [0.2, 0.25) is 0 Å². The highest BCUT2D eigenvalue weighted by molar-refractivity contribution is 7.14. The third-order valence-corrected chi connectivity index (χ3v) is 5.39. The molecule has 164 valence electrons. The topological polar surface area (TPSA) is 113 Å². The second-order valence-electron chi connectivity index (χ2n) is 6.68. The molecule has 0 aliphatic carbocycles. The summed E-state index contributed by atoms with van der Waals surface area (Å²) in [5.41, 5.74) is 2.83. The van der Waals surface area contributed by atoms with E-state index in [0.29, 0.717) is 33.4 Å². The predicted octanol–water partition coefficient (Wildman–Crippen LogP) is 4.15. The average molecular weight is 453 g/mol. The van der Waals surface area contributed by atoms with E-state index in [1.807, 2.05) is 6.07 Å². The van der Waals surface area contributed by atoms with Gasteiger partial charge in [0.15, 0.2) is 34.7 Å². The Hall–Kier alpha value is -3.92. The van der Waals surface area contributed by atoms with Crippen molar-refractivity contribution in [2.75, 3.05) is 19.5 Å². The number of ether oxygens (including phenoxy) is 3. The number of anilines is 1. The Morgan fingerprint density at radius 1 is 1.09 bits per heavy atom. The van der Waals surface area contributed by atoms with Gasteiger partial charge >= 0.3 is 5.97 Å². The van der Waals surface area contributed by atoms with Gasteiger partial charge in [-0.1, -0.05) is 0 Å². The fourth-order valence-corrected chi connectivity index (χ4v) is 3.66. The second kappa shape index (κ2) is 9.06. The zero-order valence-corrected chi connectivity index (χ0v) is 18.3. The molecule has 1 N–H and O–H groups in total. The number of nitrogens with zero attached hydrogens (tertiary/aromatic N) is 2. The van der Waals surface area contributed by atoms with Crippen molar-refractivity contribution >= 4 is 39.4 Å². The molecule has 0 aliphatic rings. The minimum Gasteiger partial charge on any atom is -0.493 e. The number of carbonyl (C=O) groups is 2. The lowest BCUT2D eigenvalue weighted by molar-refractivity contribution is -0.123. The number of esters is 1. The van der Waals surface area contributed by atoms with E-state index in [2.05, 4.69) is 15.3 Å². The Labute approximate surface area is 187 Å². The molecule has 1 unspecified atom stereocenters. The number of hydrogen-bond donors (Lipinski definition) is 1. The van der Waals surface area contributed by atoms with Crippen molar-refractivity contribution in [3.8, 4) is 22.8 Å². The van der Waals surface area contributed by atoms with E-state index in [1.165, 1.54) is 24.7 Å². The summed E-state index contributed by atoms with van der Waals surface area (Å²) >= 11 is 1.26. The van der Waals surface area contributed by atoms with Crippen LogP contribution in [0, 0.1) is 0 Å². The maximum atomic E-state index is 12.5. The van der Waals surface area contributed by atoms with E-state index >= 15 is 0 Å². The van der Waals surface area contributed by atoms with Gasteiger partial charge in [0, 0.05) is 10.9 Å². The maximum absolute atomic E-state index is 12.5. The number of nitrogens with one attached hydrogen (secondary N) is 1. The molecule has 2 aromatic heterocycles. The molecule has 0 aliphatic heterocycles. The first kappa shape index (κ1) is 21.3. The molecule has 2 aromatic carbocycles. The van der Waals surface area contributed by atoms with Crippen LogP contribution in [-0.2, 0) is 9.53 Å². The summed E-state index contributed by atoms with van der Waals surface area (Å²) in [4.78, 5) is 33.3. The molecule has 0 saturated carbocycles. The fourth-order valence-electron chi connectivity index (χ4n) is 2.93. The van der Waals surface area contributed by atoms with Crippen LogP contribution in [0.4, 0.5) is 5.13 Å². The summed E-state index contributed by atoms with van der Waals surface area (Å²) in [6, 6.07) is 10.1. The van der Waals surface area contributed by atoms with Crippen LogP contribution < -0.4 is 14.8 Å². The highest BCUT2D eigenvalue weighted by Gasteiger charge is 2.21. The van der Waals surface area contributed by atoms with Crippen LogP contribution in [0.2, 0.25) is 0 Å². The van der Waals surface area contributed by atoms with E-state index in [4.69, 9.17) is 18.6 Å². The van der Waals surface area contributed by atoms with Gasteiger partial charge in [-0.3, -0.25) is 10.1 Å². The van der Waals surface area contributed by atoms with Gasteiger partial charge in [-0.15, -0.1) is 11.3 Å². The predicted molar refractivity (Wildman–Crippen MR) is 118 cm³/mol. The number of methoxy groups -OCH3 is 2. The minimum absolute atomic E-state index is 0.274. The number of oxazole rings is 1. The lowest BCUT2D eigenvalue weighted by atomic mass is 10.1. The highest BCUT2D eigenvalue weighted by atomic mass is 32.1. The van der Waals surface area contributed by atoms with Crippen molar-refractivity contribution < 1.29 is 28.2 Å². The van der Waals surface area contributed by atoms with Gasteiger partial charge < -0.3 is 18.6 Å². The fraction of sp³-hybridized carbons (Fsp3) is 0.182. The van der Waals surface area contributed by atoms with Crippen molar-refractivity contribution in [2.45, 2.75) is 13.0 Å². The molecule has 2 heterocycles. The number of fused-ring (bicyclic) bond motifs is 1. The lowest BCUT2D eigenvalue weighted by Gasteiger charge is -2.12. The molecule has 0 bridgehead atoms. The quantitative estimate of drug-likeness (QED) is 0.415. The molecular weight excluding hydrogens is 434 g/mol. The summed E-state index contributed by atoms with van der Waals surface area (Å²) in [5, 5.41) is 4.86. The summed E-state index contributed by atoms with van der Waals surface area (Å²) in [6.07, 6.45) is 0.268. The highest BCUT2D eigenvalue weighted by Crippen LogP contribution is 2.33. The molecule has 10 heteroatoms. The minimum atomic E-state index is -1.02. The number of benzene rings is 2. The second-order valence-corrected chi connectivity index (χ2v) is 7.54. The maximum Gasteiger partial charge on any atom is 0.338 e. The summed E-state index contributed by atoms with van der Waals surface area (Å²) in [5.74, 6) is 0.0584. The van der Waals surface area contributed by atoms with E-state index in [0.717, 1.165) is 5.56 Å². The van der Waals surface area contributed by atoms with Gasteiger partial charge in [-0.25, -0.2) is 14.8 Å². The van der Waals surface area contributed by atoms with Crippen molar-refractivity contribution in [3.63, 3.8) is 0 Å². The van der Waals surface area contributed by atoms with Gasteiger partial charge in [0.1, 0.15) is 5.52 Å². The van der Waals surface area contributed by atoms with E-state index in [9.17, 15) is 9.59 Å². The largest absolute Gasteiger partial charge is 0.493 e. The number of thiazole rings is 1. The molecule has 0 spiro atoms. The van der Waals surface area contributed by atoms with Crippen LogP contribution in [0.3, 0.4) is 0 Å². The van der Waals surface area contributed by atoms with Gasteiger partial charge in [0.25, 0.3) is 5.91 Å². The first-order chi connectivity index (χ1) is 15.5. The third kappa shape index (κ3) is 4.40. The van der Waals surface area contributed by atoms with Crippen molar-refractivity contribution in [1.29, 1.82) is 0 Å². The number of aromatic nitrogens is 2. The van der Waals surface area contributed by atoms with Crippen molar-refractivity contribution in [2.24, 2.45) is 0 Å². The Bertz CT molecular complexity index is 1280. The van der Waals surface area contributed by atoms with Crippen molar-refractivity contribution in [1.82, 2.24) is 9.97 Å². The first-order valence-corrected chi connectivity index (χ1v) is 10.4. The van der Waals surface area contributed by atoms with Crippen LogP contribution in [-0.4, -0.2) is 42.2 Å². The number of rotatable bonds is 7. The molecule has 4 rings (SSSR count). The molecule has 0 fully saturated rings. The van der Waals surface area contributed by atoms with Gasteiger partial charge in [-0.2, -0.15) is 0 Å². The molecule has 4 aromatic rings. The monoisotopic (exact) mass is 453 g/mol. The summed E-state index contributed by atoms with van der Waals surface area (Å²) in [7, 11) is 3.12. The first-order valence-electron chi connectivity index (χ1n) is 9.51.